The van der Waals surface area contributed by atoms with Crippen molar-refractivity contribution in [2.24, 2.45) is 0 Å². The average molecular weight is 276 g/mol. The lowest BCUT2D eigenvalue weighted by Crippen LogP contribution is -2.30. The zero-order chi connectivity index (χ0) is 10.7. The van der Waals surface area contributed by atoms with Crippen molar-refractivity contribution in [3.8, 4) is 0 Å². The molecule has 0 N–H and O–H groups in total. The molecule has 1 aromatic heterocycles. The van der Waals surface area contributed by atoms with Crippen LogP contribution < -0.4 is 0 Å². The predicted octanol–water partition coefficient (Wildman–Crippen LogP) is 2.91. The second-order valence-corrected chi connectivity index (χ2v) is 5.88. The number of nitrogens with zero attached hydrogens (tertiary/aromatic N) is 1. The highest BCUT2D eigenvalue weighted by molar-refractivity contribution is 9.09. The third-order valence-electron chi connectivity index (χ3n) is 1.93. The highest BCUT2D eigenvalue weighted by atomic mass is 79.9. The maximum atomic E-state index is 11.9. The fourth-order valence-corrected chi connectivity index (χ4v) is 2.58. The number of thiophene rings is 1. The van der Waals surface area contributed by atoms with Gasteiger partial charge >= 0.3 is 0 Å². The van der Waals surface area contributed by atoms with E-state index < -0.39 is 0 Å². The summed E-state index contributed by atoms with van der Waals surface area (Å²) in [4.78, 5) is 14.8. The Kier molecular flexibility index (Phi) is 4.13. The van der Waals surface area contributed by atoms with Crippen LogP contribution in [0.4, 0.5) is 0 Å². The summed E-state index contributed by atoms with van der Waals surface area (Å²) < 4.78 is 0. The molecule has 1 heterocycles. The zero-order valence-electron chi connectivity index (χ0n) is 8.58. The summed E-state index contributed by atoms with van der Waals surface area (Å²) in [6, 6.07) is 1.98. The van der Waals surface area contributed by atoms with Gasteiger partial charge in [0, 0.05) is 18.4 Å². The highest BCUT2D eigenvalue weighted by Gasteiger charge is 2.16. The van der Waals surface area contributed by atoms with E-state index in [0.29, 0.717) is 4.83 Å². The first-order chi connectivity index (χ1) is 6.52. The summed E-state index contributed by atoms with van der Waals surface area (Å²) in [6.45, 7) is 4.73. The molecule has 14 heavy (non-hydrogen) atoms. The Morgan fingerprint density at radius 2 is 2.36 bits per heavy atom. The van der Waals surface area contributed by atoms with Crippen LogP contribution in [0.1, 0.15) is 22.2 Å². The van der Waals surface area contributed by atoms with Gasteiger partial charge < -0.3 is 4.90 Å². The Balaban J connectivity index is 2.71. The van der Waals surface area contributed by atoms with Crippen molar-refractivity contribution in [1.29, 1.82) is 0 Å². The molecule has 0 saturated heterocycles. The molecule has 0 fully saturated rings. The van der Waals surface area contributed by atoms with Crippen LogP contribution in [-0.2, 0) is 0 Å². The topological polar surface area (TPSA) is 20.3 Å². The summed E-state index contributed by atoms with van der Waals surface area (Å²) >= 11 is 4.94. The first-order valence-electron chi connectivity index (χ1n) is 4.46. The fourth-order valence-electron chi connectivity index (χ4n) is 1.23. The van der Waals surface area contributed by atoms with Crippen molar-refractivity contribution in [2.45, 2.75) is 18.7 Å². The van der Waals surface area contributed by atoms with Crippen LogP contribution in [0, 0.1) is 6.92 Å². The number of carbonyl (C=O) groups is 1. The third kappa shape index (κ3) is 2.82. The molecule has 0 aromatic carbocycles. The second-order valence-electron chi connectivity index (χ2n) is 3.40. The summed E-state index contributed by atoms with van der Waals surface area (Å²) in [6.07, 6.45) is 0. The van der Waals surface area contributed by atoms with Crippen LogP contribution >= 0.6 is 27.3 Å². The number of aryl methyl sites for hydroxylation is 1. The van der Waals surface area contributed by atoms with E-state index >= 15 is 0 Å². The van der Waals surface area contributed by atoms with Gasteiger partial charge in [0.15, 0.2) is 0 Å². The Morgan fingerprint density at radius 1 is 1.71 bits per heavy atom. The largest absolute Gasteiger partial charge is 0.340 e. The summed E-state index contributed by atoms with van der Waals surface area (Å²) in [5.74, 6) is 0.115. The number of hydrogen-bond donors (Lipinski definition) is 0. The van der Waals surface area contributed by atoms with E-state index in [9.17, 15) is 4.79 Å². The molecule has 1 amide bonds. The van der Waals surface area contributed by atoms with Gasteiger partial charge in [-0.05, 0) is 23.9 Å². The maximum Gasteiger partial charge on any atom is 0.263 e. The number of hydrogen-bond acceptors (Lipinski definition) is 2. The van der Waals surface area contributed by atoms with Crippen LogP contribution in [0.3, 0.4) is 0 Å². The van der Waals surface area contributed by atoms with Crippen molar-refractivity contribution in [3.63, 3.8) is 0 Å². The van der Waals surface area contributed by atoms with Gasteiger partial charge in [0.25, 0.3) is 5.91 Å². The van der Waals surface area contributed by atoms with Crippen LogP contribution in [-0.4, -0.2) is 29.2 Å². The van der Waals surface area contributed by atoms with E-state index in [1.54, 1.807) is 4.90 Å². The van der Waals surface area contributed by atoms with Gasteiger partial charge in [0.05, 0.1) is 4.88 Å². The molecule has 0 aliphatic heterocycles. The average Bonchev–Trinajstić information content (AvgIpc) is 2.48. The lowest BCUT2D eigenvalue weighted by atomic mass is 10.2. The van der Waals surface area contributed by atoms with Gasteiger partial charge in [0.1, 0.15) is 0 Å². The Labute approximate surface area is 97.1 Å². The van der Waals surface area contributed by atoms with E-state index in [2.05, 4.69) is 15.9 Å². The Bertz CT molecular complexity index is 322. The van der Waals surface area contributed by atoms with Gasteiger partial charge in [-0.25, -0.2) is 0 Å². The quantitative estimate of drug-likeness (QED) is 0.777. The van der Waals surface area contributed by atoms with Crippen molar-refractivity contribution >= 4 is 33.2 Å². The minimum absolute atomic E-state index is 0.115. The molecule has 0 aliphatic rings. The Hall–Kier alpha value is -0.350. The van der Waals surface area contributed by atoms with E-state index in [1.165, 1.54) is 11.3 Å². The minimum atomic E-state index is 0.115. The van der Waals surface area contributed by atoms with Gasteiger partial charge in [-0.2, -0.15) is 0 Å². The molecular weight excluding hydrogens is 262 g/mol. The van der Waals surface area contributed by atoms with Crippen molar-refractivity contribution < 1.29 is 4.79 Å². The fraction of sp³-hybridized carbons (Fsp3) is 0.500. The van der Waals surface area contributed by atoms with Gasteiger partial charge in [-0.3, -0.25) is 4.79 Å². The number of rotatable bonds is 3. The molecule has 78 valence electrons. The zero-order valence-corrected chi connectivity index (χ0v) is 11.0. The number of halogens is 1. The minimum Gasteiger partial charge on any atom is -0.340 e. The Morgan fingerprint density at radius 3 is 2.79 bits per heavy atom. The molecule has 0 aliphatic carbocycles. The number of amides is 1. The SMILES string of the molecule is Cc1ccsc1C(=O)N(C)CC(C)Br. The highest BCUT2D eigenvalue weighted by Crippen LogP contribution is 2.17. The van der Waals surface area contributed by atoms with Crippen molar-refractivity contribution in [3.05, 3.63) is 21.9 Å². The van der Waals surface area contributed by atoms with E-state index in [-0.39, 0.29) is 5.91 Å². The molecule has 0 radical (unpaired) electrons. The molecule has 1 rings (SSSR count). The molecular formula is C10H14BrNOS. The van der Waals surface area contributed by atoms with Gasteiger partial charge in [0.2, 0.25) is 0 Å². The molecule has 1 unspecified atom stereocenters. The third-order valence-corrected chi connectivity index (χ3v) is 3.22. The summed E-state index contributed by atoms with van der Waals surface area (Å²) in [7, 11) is 1.83. The van der Waals surface area contributed by atoms with Crippen molar-refractivity contribution in [1.82, 2.24) is 4.90 Å². The van der Waals surface area contributed by atoms with Gasteiger partial charge in [-0.1, -0.05) is 22.9 Å². The standard InChI is InChI=1S/C10H14BrNOS/c1-7-4-5-14-9(7)10(13)12(3)6-8(2)11/h4-5,8H,6H2,1-3H3. The van der Waals surface area contributed by atoms with Crippen LogP contribution in [0.25, 0.3) is 0 Å². The molecule has 0 bridgehead atoms. The lowest BCUT2D eigenvalue weighted by Gasteiger charge is -2.18. The molecule has 4 heteroatoms. The smallest absolute Gasteiger partial charge is 0.263 e. The first kappa shape index (κ1) is 11.7. The summed E-state index contributed by atoms with van der Waals surface area (Å²) in [5.41, 5.74) is 1.06. The monoisotopic (exact) mass is 275 g/mol. The predicted molar refractivity (Wildman–Crippen MR) is 64.4 cm³/mol. The molecule has 0 saturated carbocycles. The summed E-state index contributed by atoms with van der Waals surface area (Å²) in [5, 5.41) is 1.95. The molecule has 1 aromatic rings. The maximum absolute atomic E-state index is 11.9. The number of alkyl halides is 1. The normalized spacial score (nSPS) is 12.6. The van der Waals surface area contributed by atoms with E-state index in [4.69, 9.17) is 0 Å². The van der Waals surface area contributed by atoms with Crippen LogP contribution in [0.15, 0.2) is 11.4 Å². The first-order valence-corrected chi connectivity index (χ1v) is 6.25. The van der Waals surface area contributed by atoms with E-state index in [0.717, 1.165) is 17.0 Å². The second kappa shape index (κ2) is 4.94. The number of carbonyl (C=O) groups excluding carboxylic acids is 1. The van der Waals surface area contributed by atoms with E-state index in [1.807, 2.05) is 32.3 Å². The lowest BCUT2D eigenvalue weighted by molar-refractivity contribution is 0.0801. The molecule has 2 nitrogen and oxygen atoms in total. The van der Waals surface area contributed by atoms with Gasteiger partial charge in [-0.15, -0.1) is 11.3 Å². The molecule has 0 spiro atoms. The van der Waals surface area contributed by atoms with Crippen LogP contribution in [0.5, 0.6) is 0 Å². The van der Waals surface area contributed by atoms with Crippen molar-refractivity contribution in [2.75, 3.05) is 13.6 Å². The van der Waals surface area contributed by atoms with Crippen LogP contribution in [0.2, 0.25) is 0 Å². The molecule has 1 atom stereocenters.